The molecule has 1 heterocycles. The third-order valence-corrected chi connectivity index (χ3v) is 3.47. The lowest BCUT2D eigenvalue weighted by molar-refractivity contribution is 0.669. The fourth-order valence-electron chi connectivity index (χ4n) is 2.31. The normalized spacial score (nSPS) is 10.8. The monoisotopic (exact) mass is 306 g/mol. The maximum absolute atomic E-state index is 5.65. The molecule has 3 aromatic carbocycles. The first-order chi connectivity index (χ1) is 10.9. The lowest BCUT2D eigenvalue weighted by Gasteiger charge is -1.86. The van der Waals surface area contributed by atoms with Crippen LogP contribution in [0.1, 0.15) is 5.56 Å². The highest BCUT2D eigenvalue weighted by atomic mass is 35.5. The average molecular weight is 307 g/mol. The molecule has 0 amide bonds. The van der Waals surface area contributed by atoms with Gasteiger partial charge in [0.05, 0.1) is 0 Å². The predicted molar refractivity (Wildman–Crippen MR) is 95.0 cm³/mol. The molecular formula is C20H15ClO. The molecule has 0 N–H and O–H groups in total. The van der Waals surface area contributed by atoms with E-state index in [2.05, 4.69) is 12.1 Å². The quantitative estimate of drug-likeness (QED) is 0.392. The van der Waals surface area contributed by atoms with E-state index in [-0.39, 0.29) is 0 Å². The van der Waals surface area contributed by atoms with Crippen molar-refractivity contribution in [1.82, 2.24) is 0 Å². The summed E-state index contributed by atoms with van der Waals surface area (Å²) < 4.78 is 5.65. The van der Waals surface area contributed by atoms with Crippen molar-refractivity contribution in [3.8, 4) is 0 Å². The molecule has 0 saturated heterocycles. The smallest absolute Gasteiger partial charge is 0.135 e. The molecule has 1 aromatic heterocycles. The fraction of sp³-hybridized carbons (Fsp3) is 0. The van der Waals surface area contributed by atoms with E-state index in [0.29, 0.717) is 0 Å². The van der Waals surface area contributed by atoms with Crippen LogP contribution in [-0.2, 0) is 0 Å². The first-order valence-electron chi connectivity index (χ1n) is 7.06. The number of benzene rings is 3. The number of hydrogen-bond acceptors (Lipinski definition) is 1. The molecule has 0 unspecified atom stereocenters. The second kappa shape index (κ2) is 6.97. The zero-order valence-corrected chi connectivity index (χ0v) is 12.7. The summed E-state index contributed by atoms with van der Waals surface area (Å²) in [6.45, 7) is 0. The predicted octanol–water partition coefficient (Wildman–Crippen LogP) is 6.48. The van der Waals surface area contributed by atoms with Crippen LogP contribution in [0.4, 0.5) is 0 Å². The summed E-state index contributed by atoms with van der Waals surface area (Å²) in [5.41, 5.74) is 4.56. The van der Waals surface area contributed by atoms with Gasteiger partial charge in [-0.05, 0) is 23.8 Å². The lowest BCUT2D eigenvalue weighted by Crippen LogP contribution is -1.64. The summed E-state index contributed by atoms with van der Waals surface area (Å²) >= 11 is 5.36. The van der Waals surface area contributed by atoms with Gasteiger partial charge in [-0.3, -0.25) is 0 Å². The fourth-order valence-corrected chi connectivity index (χ4v) is 2.46. The first kappa shape index (κ1) is 14.4. The second-order valence-corrected chi connectivity index (χ2v) is 5.05. The van der Waals surface area contributed by atoms with Gasteiger partial charge in [-0.2, -0.15) is 0 Å². The Morgan fingerprint density at radius 2 is 1.14 bits per heavy atom. The van der Waals surface area contributed by atoms with Gasteiger partial charge < -0.3 is 4.42 Å². The molecule has 2 heteroatoms. The minimum Gasteiger partial charge on any atom is -0.456 e. The molecule has 22 heavy (non-hydrogen) atoms. The molecule has 0 aliphatic rings. The van der Waals surface area contributed by atoms with Crippen molar-refractivity contribution in [2.24, 2.45) is 0 Å². The van der Waals surface area contributed by atoms with Gasteiger partial charge in [-0.25, -0.2) is 0 Å². The topological polar surface area (TPSA) is 13.1 Å². The summed E-state index contributed by atoms with van der Waals surface area (Å²) in [4.78, 5) is 0. The van der Waals surface area contributed by atoms with Crippen LogP contribution in [0.5, 0.6) is 0 Å². The van der Waals surface area contributed by atoms with E-state index >= 15 is 0 Å². The summed E-state index contributed by atoms with van der Waals surface area (Å²) in [6.07, 6.45) is 1.85. The van der Waals surface area contributed by atoms with Crippen LogP contribution in [0, 0.1) is 0 Å². The Morgan fingerprint density at radius 1 is 0.636 bits per heavy atom. The molecule has 0 bridgehead atoms. The number of para-hydroxylation sites is 2. The van der Waals surface area contributed by atoms with E-state index in [1.165, 1.54) is 16.3 Å². The maximum Gasteiger partial charge on any atom is 0.135 e. The molecule has 4 aromatic rings. The summed E-state index contributed by atoms with van der Waals surface area (Å²) in [5, 5.41) is 2.39. The standard InChI is InChI=1S/C12H8O.C8H7Cl/c1-3-7-11-9(5-1)10-6-2-4-8-12(10)13-11;9-7-6-8-4-2-1-3-5-8/h1-8H;1-7H. The van der Waals surface area contributed by atoms with Crippen LogP contribution in [0.3, 0.4) is 0 Å². The van der Waals surface area contributed by atoms with Crippen molar-refractivity contribution in [1.29, 1.82) is 0 Å². The Kier molecular flexibility index (Phi) is 4.57. The van der Waals surface area contributed by atoms with E-state index in [4.69, 9.17) is 16.0 Å². The second-order valence-electron chi connectivity index (χ2n) is 4.80. The van der Waals surface area contributed by atoms with Crippen molar-refractivity contribution in [2.75, 3.05) is 0 Å². The minimum atomic E-state index is 0.962. The van der Waals surface area contributed by atoms with Gasteiger partial charge >= 0.3 is 0 Å². The molecule has 4 rings (SSSR count). The highest BCUT2D eigenvalue weighted by molar-refractivity contribution is 6.27. The lowest BCUT2D eigenvalue weighted by atomic mass is 10.2. The van der Waals surface area contributed by atoms with Gasteiger partial charge in [-0.15, -0.1) is 0 Å². The van der Waals surface area contributed by atoms with Gasteiger partial charge in [0.25, 0.3) is 0 Å². The molecule has 0 spiro atoms. The molecular weight excluding hydrogens is 292 g/mol. The summed E-state index contributed by atoms with van der Waals surface area (Å²) in [7, 11) is 0. The van der Waals surface area contributed by atoms with Crippen molar-refractivity contribution in [3.63, 3.8) is 0 Å². The largest absolute Gasteiger partial charge is 0.456 e. The third kappa shape index (κ3) is 3.21. The molecule has 0 fully saturated rings. The van der Waals surface area contributed by atoms with E-state index in [0.717, 1.165) is 16.7 Å². The van der Waals surface area contributed by atoms with Crippen LogP contribution in [0.15, 0.2) is 88.8 Å². The molecule has 0 aliphatic carbocycles. The van der Waals surface area contributed by atoms with Gasteiger partial charge in [0.2, 0.25) is 0 Å². The Balaban J connectivity index is 0.000000142. The van der Waals surface area contributed by atoms with E-state index in [9.17, 15) is 0 Å². The van der Waals surface area contributed by atoms with Crippen molar-refractivity contribution < 1.29 is 4.42 Å². The number of fused-ring (bicyclic) bond motifs is 3. The maximum atomic E-state index is 5.65. The van der Waals surface area contributed by atoms with Crippen LogP contribution in [0.2, 0.25) is 0 Å². The van der Waals surface area contributed by atoms with Crippen molar-refractivity contribution >= 4 is 39.6 Å². The zero-order chi connectivity index (χ0) is 15.2. The van der Waals surface area contributed by atoms with Crippen LogP contribution < -0.4 is 0 Å². The van der Waals surface area contributed by atoms with Crippen LogP contribution in [0.25, 0.3) is 28.0 Å². The number of halogens is 1. The van der Waals surface area contributed by atoms with Gasteiger partial charge in [0, 0.05) is 16.3 Å². The van der Waals surface area contributed by atoms with E-state index in [1.54, 1.807) is 0 Å². The molecule has 0 aliphatic heterocycles. The van der Waals surface area contributed by atoms with E-state index in [1.807, 2.05) is 72.8 Å². The van der Waals surface area contributed by atoms with Crippen LogP contribution >= 0.6 is 11.6 Å². The summed E-state index contributed by atoms with van der Waals surface area (Å²) in [6, 6.07) is 26.1. The Bertz CT molecular complexity index is 841. The Labute approximate surface area is 134 Å². The highest BCUT2D eigenvalue weighted by Gasteiger charge is 2.03. The van der Waals surface area contributed by atoms with Gasteiger partial charge in [0.15, 0.2) is 0 Å². The number of hydrogen-bond donors (Lipinski definition) is 0. The average Bonchev–Trinajstić information content (AvgIpc) is 2.95. The Morgan fingerprint density at radius 3 is 1.68 bits per heavy atom. The number of furan rings is 1. The SMILES string of the molecule is ClC=Cc1ccccc1.c1ccc2c(c1)oc1ccccc12. The minimum absolute atomic E-state index is 0.962. The van der Waals surface area contributed by atoms with E-state index < -0.39 is 0 Å². The summed E-state index contributed by atoms with van der Waals surface area (Å²) in [5.74, 6) is 0. The molecule has 0 atom stereocenters. The molecule has 1 nitrogen and oxygen atoms in total. The van der Waals surface area contributed by atoms with Crippen LogP contribution in [-0.4, -0.2) is 0 Å². The highest BCUT2D eigenvalue weighted by Crippen LogP contribution is 2.27. The Hall–Kier alpha value is -2.51. The third-order valence-electron chi connectivity index (χ3n) is 3.34. The van der Waals surface area contributed by atoms with Crippen molar-refractivity contribution in [2.45, 2.75) is 0 Å². The van der Waals surface area contributed by atoms with Gasteiger partial charge in [-0.1, -0.05) is 78.3 Å². The molecule has 0 saturated carbocycles. The zero-order valence-electron chi connectivity index (χ0n) is 11.9. The van der Waals surface area contributed by atoms with Crippen molar-refractivity contribution in [3.05, 3.63) is 90.0 Å². The van der Waals surface area contributed by atoms with Gasteiger partial charge in [0.1, 0.15) is 11.2 Å². The first-order valence-corrected chi connectivity index (χ1v) is 7.50. The molecule has 108 valence electrons. The number of rotatable bonds is 1. The molecule has 0 radical (unpaired) electrons.